The summed E-state index contributed by atoms with van der Waals surface area (Å²) < 4.78 is 57.2. The Morgan fingerprint density at radius 2 is 1.79 bits per heavy atom. The summed E-state index contributed by atoms with van der Waals surface area (Å²) in [6.07, 6.45) is -0.636. The van der Waals surface area contributed by atoms with Crippen LogP contribution in [0.5, 0.6) is 0 Å². The first kappa shape index (κ1) is 21.4. The highest BCUT2D eigenvalue weighted by Crippen LogP contribution is 2.27. The van der Waals surface area contributed by atoms with Crippen molar-refractivity contribution < 1.29 is 21.6 Å². The van der Waals surface area contributed by atoms with E-state index in [1.54, 1.807) is 21.3 Å². The van der Waals surface area contributed by atoms with Crippen molar-refractivity contribution in [1.29, 1.82) is 0 Å². The number of sulfone groups is 1. The summed E-state index contributed by atoms with van der Waals surface area (Å²) >= 11 is 0. The van der Waals surface area contributed by atoms with E-state index in [4.69, 9.17) is 4.42 Å². The van der Waals surface area contributed by atoms with Gasteiger partial charge in [0, 0.05) is 12.2 Å². The number of pyridine rings is 1. The molecule has 1 aliphatic heterocycles. The predicted octanol–water partition coefficient (Wildman–Crippen LogP) is 2.98. The van der Waals surface area contributed by atoms with Gasteiger partial charge in [0.05, 0.1) is 40.3 Å². The van der Waals surface area contributed by atoms with Gasteiger partial charge in [0.1, 0.15) is 9.84 Å². The molecule has 1 fully saturated rings. The van der Waals surface area contributed by atoms with Gasteiger partial charge >= 0.3 is 12.1 Å². The number of aromatic nitrogens is 5. The molecule has 0 spiro atoms. The van der Waals surface area contributed by atoms with Gasteiger partial charge in [0.2, 0.25) is 5.89 Å². The molecule has 4 heterocycles. The van der Waals surface area contributed by atoms with Crippen LogP contribution in [0.2, 0.25) is 0 Å². The van der Waals surface area contributed by atoms with Crippen molar-refractivity contribution >= 4 is 20.9 Å². The van der Waals surface area contributed by atoms with Crippen LogP contribution in [0.1, 0.15) is 36.9 Å². The van der Waals surface area contributed by atoms with Crippen molar-refractivity contribution in [3.05, 3.63) is 64.7 Å². The molecular formula is C21H19F2N5O4S. The van der Waals surface area contributed by atoms with Crippen LogP contribution in [-0.2, 0) is 16.4 Å². The molecule has 3 aromatic heterocycles. The lowest BCUT2D eigenvalue weighted by molar-refractivity contribution is 0.116. The number of hydrogen-bond acceptors (Lipinski definition) is 7. The van der Waals surface area contributed by atoms with E-state index in [-0.39, 0.29) is 35.7 Å². The van der Waals surface area contributed by atoms with Gasteiger partial charge in [0.25, 0.3) is 5.89 Å². The monoisotopic (exact) mass is 475 g/mol. The van der Waals surface area contributed by atoms with Gasteiger partial charge in [-0.15, -0.1) is 10.2 Å². The summed E-state index contributed by atoms with van der Waals surface area (Å²) in [4.78, 5) is 17.7. The molecule has 12 heteroatoms. The molecule has 9 nitrogen and oxygen atoms in total. The van der Waals surface area contributed by atoms with E-state index in [0.717, 1.165) is 11.0 Å². The second-order valence-electron chi connectivity index (χ2n) is 7.89. The number of imidazole rings is 1. The minimum absolute atomic E-state index is 0.0645. The molecule has 0 saturated carbocycles. The Morgan fingerprint density at radius 3 is 2.42 bits per heavy atom. The number of nitrogens with zero attached hydrogens (tertiary/aromatic N) is 5. The van der Waals surface area contributed by atoms with Crippen LogP contribution < -0.4 is 5.69 Å². The third kappa shape index (κ3) is 4.06. The van der Waals surface area contributed by atoms with Crippen LogP contribution in [0.15, 0.2) is 51.8 Å². The smallest absolute Gasteiger partial charge is 0.329 e. The highest BCUT2D eigenvalue weighted by Gasteiger charge is 2.28. The zero-order valence-electron chi connectivity index (χ0n) is 17.3. The molecule has 0 bridgehead atoms. The third-order valence-corrected chi connectivity index (χ3v) is 7.49. The first-order chi connectivity index (χ1) is 15.8. The molecule has 5 rings (SSSR count). The van der Waals surface area contributed by atoms with Gasteiger partial charge < -0.3 is 4.42 Å². The van der Waals surface area contributed by atoms with Crippen LogP contribution in [0.25, 0.3) is 22.5 Å². The quantitative estimate of drug-likeness (QED) is 0.436. The van der Waals surface area contributed by atoms with Crippen LogP contribution in [0, 0.1) is 0 Å². The van der Waals surface area contributed by atoms with Crippen LogP contribution in [0.3, 0.4) is 0 Å². The van der Waals surface area contributed by atoms with Crippen molar-refractivity contribution in [1.82, 2.24) is 24.3 Å². The number of para-hydroxylation sites is 2. The summed E-state index contributed by atoms with van der Waals surface area (Å²) in [5.41, 5.74) is 2.19. The van der Waals surface area contributed by atoms with Gasteiger partial charge in [-0.3, -0.25) is 14.1 Å². The first-order valence-electron chi connectivity index (χ1n) is 10.3. The highest BCUT2D eigenvalue weighted by atomic mass is 32.2. The Bertz CT molecular complexity index is 1460. The van der Waals surface area contributed by atoms with Crippen LogP contribution in [-0.4, -0.2) is 44.2 Å². The molecule has 0 atom stereocenters. The molecule has 33 heavy (non-hydrogen) atoms. The van der Waals surface area contributed by atoms with Gasteiger partial charge in [0.15, 0.2) is 0 Å². The highest BCUT2D eigenvalue weighted by molar-refractivity contribution is 7.91. The average Bonchev–Trinajstić information content (AvgIpc) is 3.39. The lowest BCUT2D eigenvalue weighted by atomic mass is 10.1. The molecule has 4 aromatic rings. The van der Waals surface area contributed by atoms with Crippen molar-refractivity contribution in [3.63, 3.8) is 0 Å². The number of fused-ring (bicyclic) bond motifs is 1. The zero-order valence-corrected chi connectivity index (χ0v) is 18.1. The molecular weight excluding hydrogens is 456 g/mol. The molecule has 0 radical (unpaired) electrons. The Labute approximate surface area is 186 Å². The van der Waals surface area contributed by atoms with E-state index in [0.29, 0.717) is 24.1 Å². The van der Waals surface area contributed by atoms with Crippen molar-refractivity contribution in [2.24, 2.45) is 0 Å². The minimum atomic E-state index is -3.05. The molecule has 1 aromatic carbocycles. The Hall–Kier alpha value is -3.41. The topological polar surface area (TPSA) is 113 Å². The number of alkyl halides is 2. The molecule has 1 saturated heterocycles. The maximum absolute atomic E-state index is 13.4. The molecule has 0 amide bonds. The van der Waals surface area contributed by atoms with Crippen LogP contribution >= 0.6 is 0 Å². The number of benzene rings is 1. The Kier molecular flexibility index (Phi) is 5.31. The first-order valence-corrected chi connectivity index (χ1v) is 12.1. The fourth-order valence-electron chi connectivity index (χ4n) is 4.12. The summed E-state index contributed by atoms with van der Waals surface area (Å²) in [7, 11) is -3.05. The summed E-state index contributed by atoms with van der Waals surface area (Å²) in [6.45, 7) is 0.184. The molecule has 0 unspecified atom stereocenters. The third-order valence-electron chi connectivity index (χ3n) is 5.78. The lowest BCUT2D eigenvalue weighted by Crippen LogP contribution is -2.33. The Balaban J connectivity index is 1.46. The van der Waals surface area contributed by atoms with E-state index in [2.05, 4.69) is 15.2 Å². The SMILES string of the molecule is O=c1n(Cc2ccc(-c3nnc(C(F)F)o3)cn2)c2ccccc2n1C1CCS(=O)(=O)CC1. The summed E-state index contributed by atoms with van der Waals surface area (Å²) in [5, 5.41) is 6.91. The number of rotatable bonds is 5. The van der Waals surface area contributed by atoms with E-state index in [1.807, 2.05) is 24.3 Å². The molecule has 0 N–H and O–H groups in total. The molecule has 1 aliphatic rings. The molecule has 0 aliphatic carbocycles. The average molecular weight is 475 g/mol. The van der Waals surface area contributed by atoms with Gasteiger partial charge in [-0.2, -0.15) is 8.78 Å². The lowest BCUT2D eigenvalue weighted by Gasteiger charge is -2.23. The van der Waals surface area contributed by atoms with Crippen molar-refractivity contribution in [3.8, 4) is 11.5 Å². The normalized spacial score (nSPS) is 16.6. The van der Waals surface area contributed by atoms with E-state index in [9.17, 15) is 22.0 Å². The van der Waals surface area contributed by atoms with Gasteiger partial charge in [-0.25, -0.2) is 13.2 Å². The predicted molar refractivity (Wildman–Crippen MR) is 115 cm³/mol. The van der Waals surface area contributed by atoms with Crippen molar-refractivity contribution in [2.45, 2.75) is 31.9 Å². The van der Waals surface area contributed by atoms with E-state index in [1.165, 1.54) is 6.20 Å². The zero-order chi connectivity index (χ0) is 23.2. The minimum Gasteiger partial charge on any atom is -0.415 e. The maximum Gasteiger partial charge on any atom is 0.329 e. The van der Waals surface area contributed by atoms with Gasteiger partial charge in [-0.1, -0.05) is 12.1 Å². The summed E-state index contributed by atoms with van der Waals surface area (Å²) in [5.74, 6) is -0.695. The molecule has 172 valence electrons. The standard InChI is InChI=1S/C21H19F2N5O4S/c22-18(23)20-26-25-19(32-20)13-5-6-14(24-11-13)12-27-16-3-1-2-4-17(16)28(21(27)29)15-7-9-33(30,31)10-8-15/h1-6,11,15,18H,7-10,12H2. The van der Waals surface area contributed by atoms with E-state index < -0.39 is 22.2 Å². The second-order valence-corrected chi connectivity index (χ2v) is 10.2. The second kappa shape index (κ2) is 8.18. The largest absolute Gasteiger partial charge is 0.415 e. The Morgan fingerprint density at radius 1 is 1.06 bits per heavy atom. The van der Waals surface area contributed by atoms with Crippen LogP contribution in [0.4, 0.5) is 8.78 Å². The fourth-order valence-corrected chi connectivity index (χ4v) is 5.59. The number of hydrogen-bond donors (Lipinski definition) is 0. The number of halogens is 2. The maximum atomic E-state index is 13.4. The summed E-state index contributed by atoms with van der Waals surface area (Å²) in [6, 6.07) is 10.4. The van der Waals surface area contributed by atoms with E-state index >= 15 is 0 Å². The fraction of sp³-hybridized carbons (Fsp3) is 0.333. The van der Waals surface area contributed by atoms with Gasteiger partial charge in [-0.05, 0) is 37.1 Å². The van der Waals surface area contributed by atoms with Crippen molar-refractivity contribution in [2.75, 3.05) is 11.5 Å².